The Morgan fingerprint density at radius 3 is 2.40 bits per heavy atom. The Morgan fingerprint density at radius 2 is 1.73 bits per heavy atom. The Hall–Kier alpha value is -0.260. The third-order valence-electron chi connectivity index (χ3n) is 5.18. The molecule has 15 heavy (non-hydrogen) atoms. The molecule has 0 heteroatoms. The summed E-state index contributed by atoms with van der Waals surface area (Å²) in [6, 6.07) is 0. The number of hydrogen-bond acceptors (Lipinski definition) is 0. The summed E-state index contributed by atoms with van der Waals surface area (Å²) in [5.74, 6) is 2.78. The van der Waals surface area contributed by atoms with E-state index in [2.05, 4.69) is 27.4 Å². The highest BCUT2D eigenvalue weighted by atomic mass is 14.5. The van der Waals surface area contributed by atoms with Crippen LogP contribution in [0.1, 0.15) is 59.3 Å². The molecule has 86 valence electrons. The largest absolute Gasteiger partial charge is 0.0998 e. The van der Waals surface area contributed by atoms with E-state index in [1.165, 1.54) is 44.1 Å². The molecule has 0 amide bonds. The summed E-state index contributed by atoms with van der Waals surface area (Å²) in [4.78, 5) is 0. The first-order valence-corrected chi connectivity index (χ1v) is 6.69. The summed E-state index contributed by atoms with van der Waals surface area (Å²) in [5, 5.41) is 0. The van der Waals surface area contributed by atoms with Gasteiger partial charge in [0.15, 0.2) is 0 Å². The van der Waals surface area contributed by atoms with Gasteiger partial charge in [0.25, 0.3) is 0 Å². The minimum absolute atomic E-state index is 0.509. The lowest BCUT2D eigenvalue weighted by Crippen LogP contribution is -2.43. The Kier molecular flexibility index (Phi) is 2.96. The highest BCUT2D eigenvalue weighted by Crippen LogP contribution is 2.54. The summed E-state index contributed by atoms with van der Waals surface area (Å²) in [7, 11) is 0. The lowest BCUT2D eigenvalue weighted by molar-refractivity contribution is 0.00242. The Balaban J connectivity index is 2.19. The van der Waals surface area contributed by atoms with Crippen LogP contribution >= 0.6 is 0 Å². The molecule has 2 rings (SSSR count). The van der Waals surface area contributed by atoms with Crippen LogP contribution in [0.4, 0.5) is 0 Å². The van der Waals surface area contributed by atoms with E-state index in [0.717, 1.165) is 17.8 Å². The highest BCUT2D eigenvalue weighted by Gasteiger charge is 2.45. The molecule has 0 N–H and O–H groups in total. The molecule has 3 unspecified atom stereocenters. The Bertz CT molecular complexity index is 249. The molecular formula is C15H26. The highest BCUT2D eigenvalue weighted by molar-refractivity contribution is 5.08. The van der Waals surface area contributed by atoms with Gasteiger partial charge in [-0.05, 0) is 49.4 Å². The molecule has 0 saturated heterocycles. The monoisotopic (exact) mass is 206 g/mol. The second-order valence-electron chi connectivity index (χ2n) is 6.45. The van der Waals surface area contributed by atoms with Gasteiger partial charge in [-0.2, -0.15) is 0 Å². The first-order valence-electron chi connectivity index (χ1n) is 6.69. The van der Waals surface area contributed by atoms with E-state index in [-0.39, 0.29) is 0 Å². The molecule has 2 saturated carbocycles. The third kappa shape index (κ3) is 1.88. The van der Waals surface area contributed by atoms with Gasteiger partial charge >= 0.3 is 0 Å². The van der Waals surface area contributed by atoms with Crippen molar-refractivity contribution in [3.8, 4) is 0 Å². The molecule has 2 aliphatic rings. The molecule has 2 aliphatic carbocycles. The first-order chi connectivity index (χ1) is 7.03. The molecule has 0 aromatic heterocycles. The fourth-order valence-electron chi connectivity index (χ4n) is 4.43. The minimum Gasteiger partial charge on any atom is -0.0998 e. The smallest absolute Gasteiger partial charge is 0.0154 e. The maximum absolute atomic E-state index is 4.21. The van der Waals surface area contributed by atoms with Crippen molar-refractivity contribution in [3.05, 3.63) is 12.2 Å². The SMILES string of the molecule is C=C(C)C1CCC2CCCCC2C1(C)C. The second-order valence-corrected chi connectivity index (χ2v) is 6.45. The van der Waals surface area contributed by atoms with Crippen molar-refractivity contribution in [2.24, 2.45) is 23.2 Å². The lowest BCUT2D eigenvalue weighted by Gasteiger charge is -2.52. The van der Waals surface area contributed by atoms with Gasteiger partial charge in [0.2, 0.25) is 0 Å². The van der Waals surface area contributed by atoms with Crippen LogP contribution in [0.2, 0.25) is 0 Å². The molecule has 0 bridgehead atoms. The Morgan fingerprint density at radius 1 is 1.07 bits per heavy atom. The van der Waals surface area contributed by atoms with Crippen molar-refractivity contribution in [2.75, 3.05) is 0 Å². The molecule has 0 aliphatic heterocycles. The average molecular weight is 206 g/mol. The van der Waals surface area contributed by atoms with Crippen molar-refractivity contribution in [2.45, 2.75) is 59.3 Å². The molecule has 0 spiro atoms. The minimum atomic E-state index is 0.509. The van der Waals surface area contributed by atoms with E-state index in [4.69, 9.17) is 0 Å². The van der Waals surface area contributed by atoms with E-state index in [1.54, 1.807) is 0 Å². The van der Waals surface area contributed by atoms with Crippen molar-refractivity contribution in [1.29, 1.82) is 0 Å². The molecule has 0 heterocycles. The van der Waals surface area contributed by atoms with Crippen LogP contribution in [0.3, 0.4) is 0 Å². The second kappa shape index (κ2) is 3.96. The van der Waals surface area contributed by atoms with Gasteiger partial charge in [-0.15, -0.1) is 0 Å². The van der Waals surface area contributed by atoms with Crippen molar-refractivity contribution in [1.82, 2.24) is 0 Å². The standard InChI is InChI=1S/C15H26/c1-11(2)13-10-9-12-7-5-6-8-14(12)15(13,3)4/h12-14H,1,5-10H2,2-4H3. The molecule has 0 aromatic rings. The van der Waals surface area contributed by atoms with Crippen LogP contribution in [0.15, 0.2) is 12.2 Å². The summed E-state index contributed by atoms with van der Waals surface area (Å²) >= 11 is 0. The maximum atomic E-state index is 4.21. The van der Waals surface area contributed by atoms with Crippen LogP contribution in [0, 0.1) is 23.2 Å². The molecule has 0 nitrogen and oxygen atoms in total. The zero-order valence-electron chi connectivity index (χ0n) is 10.7. The molecular weight excluding hydrogens is 180 g/mol. The number of hydrogen-bond donors (Lipinski definition) is 0. The first kappa shape index (κ1) is 11.2. The zero-order chi connectivity index (χ0) is 11.1. The van der Waals surface area contributed by atoms with Crippen LogP contribution < -0.4 is 0 Å². The quantitative estimate of drug-likeness (QED) is 0.540. The van der Waals surface area contributed by atoms with Crippen molar-refractivity contribution < 1.29 is 0 Å². The predicted octanol–water partition coefficient (Wildman–Crippen LogP) is 4.81. The summed E-state index contributed by atoms with van der Waals surface area (Å²) in [6.07, 6.45) is 8.77. The Labute approximate surface area is 95.1 Å². The van der Waals surface area contributed by atoms with Crippen molar-refractivity contribution >= 4 is 0 Å². The van der Waals surface area contributed by atoms with E-state index < -0.39 is 0 Å². The van der Waals surface area contributed by atoms with Gasteiger partial charge in [-0.1, -0.05) is 45.3 Å². The van der Waals surface area contributed by atoms with Gasteiger partial charge in [0.1, 0.15) is 0 Å². The van der Waals surface area contributed by atoms with E-state index in [9.17, 15) is 0 Å². The maximum Gasteiger partial charge on any atom is -0.0154 e. The molecule has 2 fully saturated rings. The van der Waals surface area contributed by atoms with Crippen LogP contribution in [-0.4, -0.2) is 0 Å². The van der Waals surface area contributed by atoms with Gasteiger partial charge < -0.3 is 0 Å². The van der Waals surface area contributed by atoms with Gasteiger partial charge in [0.05, 0.1) is 0 Å². The van der Waals surface area contributed by atoms with Crippen molar-refractivity contribution in [3.63, 3.8) is 0 Å². The zero-order valence-corrected chi connectivity index (χ0v) is 10.7. The fraction of sp³-hybridized carbons (Fsp3) is 0.867. The lowest BCUT2D eigenvalue weighted by atomic mass is 9.53. The van der Waals surface area contributed by atoms with E-state index >= 15 is 0 Å². The predicted molar refractivity (Wildman–Crippen MR) is 66.8 cm³/mol. The topological polar surface area (TPSA) is 0 Å². The fourth-order valence-corrected chi connectivity index (χ4v) is 4.43. The summed E-state index contributed by atoms with van der Waals surface area (Å²) in [6.45, 7) is 11.4. The normalized spacial score (nSPS) is 39.5. The number of rotatable bonds is 1. The van der Waals surface area contributed by atoms with Crippen LogP contribution in [-0.2, 0) is 0 Å². The van der Waals surface area contributed by atoms with Gasteiger partial charge in [0, 0.05) is 0 Å². The summed E-state index contributed by atoms with van der Waals surface area (Å²) in [5.41, 5.74) is 1.93. The summed E-state index contributed by atoms with van der Waals surface area (Å²) < 4.78 is 0. The van der Waals surface area contributed by atoms with Gasteiger partial charge in [-0.3, -0.25) is 0 Å². The van der Waals surface area contributed by atoms with E-state index in [1.807, 2.05) is 0 Å². The third-order valence-corrected chi connectivity index (χ3v) is 5.18. The number of allylic oxidation sites excluding steroid dienone is 1. The molecule has 0 aromatic carbocycles. The molecule has 3 atom stereocenters. The number of fused-ring (bicyclic) bond motifs is 1. The average Bonchev–Trinajstić information content (AvgIpc) is 2.17. The van der Waals surface area contributed by atoms with Crippen LogP contribution in [0.5, 0.6) is 0 Å². The van der Waals surface area contributed by atoms with E-state index in [0.29, 0.717) is 5.41 Å². The molecule has 0 radical (unpaired) electrons. The van der Waals surface area contributed by atoms with Gasteiger partial charge in [-0.25, -0.2) is 0 Å². The van der Waals surface area contributed by atoms with Crippen LogP contribution in [0.25, 0.3) is 0 Å².